The normalized spacial score (nSPS) is 35.5. The summed E-state index contributed by atoms with van der Waals surface area (Å²) >= 11 is 0. The molecule has 2 aliphatic carbocycles. The number of rotatable bonds is 15. The second kappa shape index (κ2) is 16.2. The lowest BCUT2D eigenvalue weighted by molar-refractivity contribution is -0.484. The molecule has 4 aliphatic heterocycles. The SMILES string of the molecule is CC(=O)OCC1OC2(OC34CCC(OCCN(C)C)(OC3COC(C)=O)C(OC(C)=O)C4OC(C)=O)CCC1(OC(C)=O)C(OC(C)=O)C2OC(C)=O. The Bertz CT molecular complexity index is 1450. The van der Waals surface area contributed by atoms with Crippen LogP contribution in [0.25, 0.3) is 0 Å². The molecule has 6 fully saturated rings. The molecule has 6 rings (SSSR count). The smallest absolute Gasteiger partial charge is 0.303 e. The molecule has 2 saturated carbocycles. The van der Waals surface area contributed by atoms with E-state index in [4.69, 9.17) is 52.1 Å². The molecule has 4 heterocycles. The summed E-state index contributed by atoms with van der Waals surface area (Å²) in [7, 11) is 3.64. The van der Waals surface area contributed by atoms with Crippen LogP contribution in [0.4, 0.5) is 0 Å². The van der Waals surface area contributed by atoms with Crippen molar-refractivity contribution >= 4 is 41.8 Å². The lowest BCUT2D eigenvalue weighted by atomic mass is 9.67. The molecule has 53 heavy (non-hydrogen) atoms. The van der Waals surface area contributed by atoms with Crippen LogP contribution in [-0.2, 0) is 85.7 Å². The van der Waals surface area contributed by atoms with Crippen LogP contribution in [0.15, 0.2) is 0 Å². The Hall–Kier alpha value is -3.91. The van der Waals surface area contributed by atoms with Gasteiger partial charge in [-0.3, -0.25) is 33.6 Å². The Balaban J connectivity index is 1.95. The molecule has 6 aliphatic rings. The number of fused-ring (bicyclic) bond motifs is 6. The van der Waals surface area contributed by atoms with Gasteiger partial charge in [-0.15, -0.1) is 0 Å². The predicted octanol–water partition coefficient (Wildman–Crippen LogP) is 0.253. The second-order valence-corrected chi connectivity index (χ2v) is 13.8. The quantitative estimate of drug-likeness (QED) is 0.161. The van der Waals surface area contributed by atoms with Gasteiger partial charge in [-0.1, -0.05) is 0 Å². The van der Waals surface area contributed by atoms with Gasteiger partial charge in [-0.25, -0.2) is 0 Å². The Morgan fingerprint density at radius 2 is 0.962 bits per heavy atom. The fraction of sp³-hybridized carbons (Fsp3) is 0.794. The minimum atomic E-state index is -2.15. The maximum Gasteiger partial charge on any atom is 0.303 e. The Morgan fingerprint density at radius 1 is 0.547 bits per heavy atom. The summed E-state index contributed by atoms with van der Waals surface area (Å²) in [4.78, 5) is 89.6. The van der Waals surface area contributed by atoms with Gasteiger partial charge in [0, 0.05) is 67.9 Å². The van der Waals surface area contributed by atoms with Crippen molar-refractivity contribution < 1.29 is 85.7 Å². The van der Waals surface area contributed by atoms with Gasteiger partial charge < -0.3 is 57.0 Å². The number of nitrogens with zero attached hydrogens (tertiary/aromatic N) is 1. The third kappa shape index (κ3) is 8.74. The average Bonchev–Trinajstić information content (AvgIpc) is 3.02. The molecule has 10 atom stereocenters. The van der Waals surface area contributed by atoms with E-state index in [1.54, 1.807) is 0 Å². The summed E-state index contributed by atoms with van der Waals surface area (Å²) < 4.78 is 66.3. The van der Waals surface area contributed by atoms with E-state index in [2.05, 4.69) is 0 Å². The topological polar surface area (TPSA) is 224 Å². The zero-order valence-corrected chi connectivity index (χ0v) is 31.4. The highest BCUT2D eigenvalue weighted by atomic mass is 16.8. The summed E-state index contributed by atoms with van der Waals surface area (Å²) in [5.74, 6) is -9.45. The first-order valence-electron chi connectivity index (χ1n) is 17.2. The van der Waals surface area contributed by atoms with Crippen molar-refractivity contribution in [3.8, 4) is 0 Å². The Labute approximate surface area is 306 Å². The van der Waals surface area contributed by atoms with Crippen LogP contribution in [0.2, 0.25) is 0 Å². The van der Waals surface area contributed by atoms with Crippen molar-refractivity contribution in [2.45, 2.75) is 134 Å². The number of carbonyl (C=O) groups is 7. The first-order valence-corrected chi connectivity index (χ1v) is 17.2. The minimum absolute atomic E-state index is 0.0251. The van der Waals surface area contributed by atoms with E-state index in [1.807, 2.05) is 19.0 Å². The zero-order valence-electron chi connectivity index (χ0n) is 31.4. The number of esters is 7. The highest BCUT2D eigenvalue weighted by Crippen LogP contribution is 2.59. The van der Waals surface area contributed by atoms with E-state index in [0.717, 1.165) is 41.5 Å². The predicted molar refractivity (Wildman–Crippen MR) is 172 cm³/mol. The molecule has 0 aromatic carbocycles. The summed E-state index contributed by atoms with van der Waals surface area (Å²) in [6, 6.07) is 0. The maximum atomic E-state index is 12.9. The van der Waals surface area contributed by atoms with Crippen molar-refractivity contribution in [1.29, 1.82) is 0 Å². The molecule has 19 heteroatoms. The Kier molecular flexibility index (Phi) is 12.8. The van der Waals surface area contributed by atoms with E-state index in [9.17, 15) is 33.6 Å². The van der Waals surface area contributed by atoms with Crippen LogP contribution in [-0.4, -0.2) is 147 Å². The third-order valence-corrected chi connectivity index (χ3v) is 9.51. The highest BCUT2D eigenvalue weighted by molar-refractivity contribution is 5.70. The lowest BCUT2D eigenvalue weighted by Crippen LogP contribution is -2.84. The van der Waals surface area contributed by atoms with Crippen LogP contribution in [0.3, 0.4) is 0 Å². The van der Waals surface area contributed by atoms with Gasteiger partial charge in [-0.05, 0) is 26.9 Å². The van der Waals surface area contributed by atoms with Crippen molar-refractivity contribution in [2.24, 2.45) is 0 Å². The van der Waals surface area contributed by atoms with E-state index < -0.39 is 114 Å². The van der Waals surface area contributed by atoms with Gasteiger partial charge in [0.25, 0.3) is 0 Å². The van der Waals surface area contributed by atoms with Crippen molar-refractivity contribution in [1.82, 2.24) is 4.90 Å². The number of hydrogen-bond donors (Lipinski definition) is 0. The average molecular weight is 760 g/mol. The van der Waals surface area contributed by atoms with Crippen molar-refractivity contribution in [3.63, 3.8) is 0 Å². The molecule has 0 N–H and O–H groups in total. The molecule has 4 saturated heterocycles. The molecule has 10 unspecified atom stereocenters. The van der Waals surface area contributed by atoms with Crippen molar-refractivity contribution in [3.05, 3.63) is 0 Å². The standard InChI is InChI=1S/C34H49NO18/c1-18(36)43-16-25-31(50-24(7)42)10-13-34(52-25,30(49-23(6)41)27(31)46-20(3)38)53-32-11-12-33(45-15-14-35(8)9,51-26(32)17-44-19(2)37)29(48-22(5)40)28(32)47-21(4)39/h25-30H,10-17H2,1-9H3. The number of hydrogen-bond acceptors (Lipinski definition) is 19. The molecular formula is C34H49NO18. The van der Waals surface area contributed by atoms with Gasteiger partial charge >= 0.3 is 41.8 Å². The van der Waals surface area contributed by atoms with Crippen molar-refractivity contribution in [2.75, 3.05) is 40.5 Å². The first-order chi connectivity index (χ1) is 24.7. The lowest BCUT2D eigenvalue weighted by Gasteiger charge is -2.66. The number of likely N-dealkylation sites (N-methyl/N-ethyl adjacent to an activating group) is 1. The van der Waals surface area contributed by atoms with E-state index in [0.29, 0.717) is 6.54 Å². The molecule has 0 aromatic rings. The highest BCUT2D eigenvalue weighted by Gasteiger charge is 2.78. The van der Waals surface area contributed by atoms with Gasteiger partial charge in [0.1, 0.15) is 31.0 Å². The Morgan fingerprint density at radius 3 is 1.43 bits per heavy atom. The molecule has 4 bridgehead atoms. The summed E-state index contributed by atoms with van der Waals surface area (Å²) in [5.41, 5.74) is -3.79. The van der Waals surface area contributed by atoms with E-state index in [-0.39, 0.29) is 32.3 Å². The van der Waals surface area contributed by atoms with Crippen LogP contribution in [0.5, 0.6) is 0 Å². The molecule has 19 nitrogen and oxygen atoms in total. The molecule has 0 spiro atoms. The number of carbonyl (C=O) groups excluding carboxylic acids is 7. The van der Waals surface area contributed by atoms with Gasteiger partial charge in [0.15, 0.2) is 30.0 Å². The van der Waals surface area contributed by atoms with Crippen LogP contribution >= 0.6 is 0 Å². The van der Waals surface area contributed by atoms with Gasteiger partial charge in [-0.2, -0.15) is 0 Å². The molecule has 298 valence electrons. The van der Waals surface area contributed by atoms with Gasteiger partial charge in [0.2, 0.25) is 11.6 Å². The fourth-order valence-corrected chi connectivity index (χ4v) is 7.64. The monoisotopic (exact) mass is 759 g/mol. The van der Waals surface area contributed by atoms with Crippen LogP contribution < -0.4 is 0 Å². The summed E-state index contributed by atoms with van der Waals surface area (Å²) in [6.45, 7) is 7.32. The van der Waals surface area contributed by atoms with Crippen LogP contribution in [0, 0.1) is 0 Å². The largest absolute Gasteiger partial charge is 0.463 e. The van der Waals surface area contributed by atoms with Crippen LogP contribution in [0.1, 0.15) is 74.1 Å². The second-order valence-electron chi connectivity index (χ2n) is 13.8. The molecule has 0 radical (unpaired) electrons. The summed E-state index contributed by atoms with van der Waals surface area (Å²) in [5, 5.41) is 0. The van der Waals surface area contributed by atoms with E-state index in [1.165, 1.54) is 6.92 Å². The maximum absolute atomic E-state index is 12.9. The molecule has 0 amide bonds. The van der Waals surface area contributed by atoms with Gasteiger partial charge in [0.05, 0.1) is 6.61 Å². The minimum Gasteiger partial charge on any atom is -0.463 e. The van der Waals surface area contributed by atoms with E-state index >= 15 is 0 Å². The molecule has 0 aromatic heterocycles. The summed E-state index contributed by atoms with van der Waals surface area (Å²) in [6.07, 6.45) is -9.46. The molecular weight excluding hydrogens is 710 g/mol. The first kappa shape index (κ1) is 41.8. The third-order valence-electron chi connectivity index (χ3n) is 9.51. The zero-order chi connectivity index (χ0) is 39.5. The fourth-order valence-electron chi connectivity index (χ4n) is 7.64. The number of ether oxygens (including phenoxy) is 11.